The Bertz CT molecular complexity index is 2470. The molecule has 8 aromatic carbocycles. The Hall–Kier alpha value is -6.50. The van der Waals surface area contributed by atoms with Crippen molar-refractivity contribution < 1.29 is 0 Å². The van der Waals surface area contributed by atoms with Crippen LogP contribution in [0.2, 0.25) is 0 Å². The summed E-state index contributed by atoms with van der Waals surface area (Å²) < 4.78 is 0. The second kappa shape index (κ2) is 12.7. The van der Waals surface area contributed by atoms with Gasteiger partial charge in [-0.05, 0) is 113 Å². The highest BCUT2D eigenvalue weighted by Crippen LogP contribution is 2.47. The molecule has 0 fully saturated rings. The molecule has 8 aromatic rings. The van der Waals surface area contributed by atoms with Gasteiger partial charge in [-0.1, -0.05) is 194 Å². The highest BCUT2D eigenvalue weighted by Gasteiger charge is 2.26. The van der Waals surface area contributed by atoms with E-state index in [2.05, 4.69) is 194 Å². The zero-order valence-corrected chi connectivity index (χ0v) is 28.9. The van der Waals surface area contributed by atoms with Crippen LogP contribution in [0, 0.1) is 0 Å². The second-order valence-corrected chi connectivity index (χ2v) is 14.0. The number of rotatable bonds is 6. The van der Waals surface area contributed by atoms with Crippen molar-refractivity contribution in [2.75, 3.05) is 0 Å². The number of fused-ring (bicyclic) bond motifs is 6. The Morgan fingerprint density at radius 2 is 0.615 bits per heavy atom. The molecular formula is C52H36. The van der Waals surface area contributed by atoms with E-state index in [1.165, 1.54) is 100 Å². The van der Waals surface area contributed by atoms with Gasteiger partial charge in [0.1, 0.15) is 0 Å². The molecule has 0 heterocycles. The summed E-state index contributed by atoms with van der Waals surface area (Å²) in [5, 5.41) is 0. The average Bonchev–Trinajstić information content (AvgIpc) is 3.78. The Morgan fingerprint density at radius 1 is 0.269 bits per heavy atom. The Labute approximate surface area is 306 Å². The lowest BCUT2D eigenvalue weighted by atomic mass is 9.80. The fourth-order valence-corrected chi connectivity index (χ4v) is 8.61. The van der Waals surface area contributed by atoms with Gasteiger partial charge in [0.15, 0.2) is 0 Å². The first-order valence-electron chi connectivity index (χ1n) is 18.3. The van der Waals surface area contributed by atoms with Crippen LogP contribution in [0.5, 0.6) is 0 Å². The summed E-state index contributed by atoms with van der Waals surface area (Å²) in [4.78, 5) is 0. The van der Waals surface area contributed by atoms with Gasteiger partial charge in [-0.25, -0.2) is 0 Å². The van der Waals surface area contributed by atoms with Crippen molar-refractivity contribution in [1.82, 2.24) is 0 Å². The number of benzene rings is 8. The molecule has 0 nitrogen and oxygen atoms in total. The largest absolute Gasteiger partial charge is 0.0622 e. The van der Waals surface area contributed by atoms with Gasteiger partial charge in [-0.3, -0.25) is 0 Å². The summed E-state index contributed by atoms with van der Waals surface area (Å²) in [6.45, 7) is 0. The molecule has 0 radical (unpaired) electrons. The van der Waals surface area contributed by atoms with E-state index in [4.69, 9.17) is 0 Å². The third-order valence-corrected chi connectivity index (χ3v) is 11.0. The smallest absolute Gasteiger partial charge is 0.00132 e. The maximum absolute atomic E-state index is 2.47. The molecule has 0 saturated carbocycles. The Kier molecular flexibility index (Phi) is 7.40. The molecule has 0 atom stereocenters. The van der Waals surface area contributed by atoms with Crippen molar-refractivity contribution in [1.29, 1.82) is 0 Å². The molecule has 2 aliphatic carbocycles. The molecule has 0 N–H and O–H groups in total. The van der Waals surface area contributed by atoms with Gasteiger partial charge in [-0.15, -0.1) is 0 Å². The van der Waals surface area contributed by atoms with E-state index in [9.17, 15) is 0 Å². The fourth-order valence-electron chi connectivity index (χ4n) is 8.61. The molecule has 0 aliphatic heterocycles. The van der Waals surface area contributed by atoms with Gasteiger partial charge in [-0.2, -0.15) is 0 Å². The highest BCUT2D eigenvalue weighted by atomic mass is 14.3. The molecule has 244 valence electrons. The van der Waals surface area contributed by atoms with Crippen molar-refractivity contribution in [3.05, 3.63) is 239 Å². The molecule has 0 bridgehead atoms. The SMILES string of the molecule is c1ccc(-c2ccccc2/C(=C(/c2ccc3c(c2)Cc2ccccc2-3)c2ccccc2-c2ccccc2)c2ccc3c(c2)Cc2ccccc2-3)cc1. The molecule has 0 amide bonds. The first-order valence-corrected chi connectivity index (χ1v) is 18.3. The average molecular weight is 661 g/mol. The lowest BCUT2D eigenvalue weighted by Crippen LogP contribution is -2.02. The van der Waals surface area contributed by atoms with Crippen LogP contribution in [0.3, 0.4) is 0 Å². The molecular weight excluding hydrogens is 625 g/mol. The Balaban J connectivity index is 1.31. The topological polar surface area (TPSA) is 0 Å². The second-order valence-electron chi connectivity index (χ2n) is 14.0. The molecule has 0 heteroatoms. The summed E-state index contributed by atoms with van der Waals surface area (Å²) in [7, 11) is 0. The summed E-state index contributed by atoms with van der Waals surface area (Å²) >= 11 is 0. The first-order chi connectivity index (χ1) is 25.8. The van der Waals surface area contributed by atoms with Crippen LogP contribution in [-0.4, -0.2) is 0 Å². The van der Waals surface area contributed by atoms with Crippen LogP contribution in [0.15, 0.2) is 194 Å². The minimum Gasteiger partial charge on any atom is -0.0622 e. The highest BCUT2D eigenvalue weighted by molar-refractivity contribution is 6.10. The number of hydrogen-bond acceptors (Lipinski definition) is 0. The minimum atomic E-state index is 0.944. The van der Waals surface area contributed by atoms with Gasteiger partial charge < -0.3 is 0 Å². The van der Waals surface area contributed by atoms with Gasteiger partial charge in [0.05, 0.1) is 0 Å². The summed E-state index contributed by atoms with van der Waals surface area (Å²) in [6, 6.07) is 71.9. The predicted octanol–water partition coefficient (Wildman–Crippen LogP) is 13.2. The lowest BCUT2D eigenvalue weighted by Gasteiger charge is -2.23. The van der Waals surface area contributed by atoms with Crippen LogP contribution in [0.4, 0.5) is 0 Å². The zero-order chi connectivity index (χ0) is 34.4. The van der Waals surface area contributed by atoms with E-state index < -0.39 is 0 Å². The van der Waals surface area contributed by atoms with Gasteiger partial charge >= 0.3 is 0 Å². The van der Waals surface area contributed by atoms with Crippen LogP contribution in [0.1, 0.15) is 44.5 Å². The maximum Gasteiger partial charge on any atom is -0.00132 e. The van der Waals surface area contributed by atoms with Gasteiger partial charge in [0.2, 0.25) is 0 Å². The normalized spacial score (nSPS) is 12.8. The summed E-state index contributed by atoms with van der Waals surface area (Å²) in [6.07, 6.45) is 1.89. The van der Waals surface area contributed by atoms with Crippen LogP contribution < -0.4 is 0 Å². The van der Waals surface area contributed by atoms with Crippen molar-refractivity contribution in [3.8, 4) is 44.5 Å². The lowest BCUT2D eigenvalue weighted by molar-refractivity contribution is 1.26. The molecule has 0 saturated heterocycles. The molecule has 0 unspecified atom stereocenters. The van der Waals surface area contributed by atoms with E-state index >= 15 is 0 Å². The Morgan fingerprint density at radius 3 is 1.06 bits per heavy atom. The van der Waals surface area contributed by atoms with E-state index in [1.54, 1.807) is 0 Å². The van der Waals surface area contributed by atoms with Gasteiger partial charge in [0, 0.05) is 0 Å². The fraction of sp³-hybridized carbons (Fsp3) is 0.0385. The summed E-state index contributed by atoms with van der Waals surface area (Å²) in [5.74, 6) is 0. The molecule has 0 spiro atoms. The maximum atomic E-state index is 2.47. The van der Waals surface area contributed by atoms with Crippen LogP contribution >= 0.6 is 0 Å². The quantitative estimate of drug-likeness (QED) is 0.156. The van der Waals surface area contributed by atoms with Crippen molar-refractivity contribution >= 4 is 11.1 Å². The monoisotopic (exact) mass is 660 g/mol. The van der Waals surface area contributed by atoms with E-state index in [0.717, 1.165) is 12.8 Å². The predicted molar refractivity (Wildman–Crippen MR) is 218 cm³/mol. The number of hydrogen-bond donors (Lipinski definition) is 0. The van der Waals surface area contributed by atoms with E-state index in [-0.39, 0.29) is 0 Å². The standard InChI is InChI=1S/C52H36/c1-3-15-35(16-4-1)43-21-11-13-25-49(43)51(39-27-29-47-41(33-39)31-37-19-7-9-23-45(37)47)52(50-26-14-12-22-44(50)36-17-5-2-6-18-36)40-28-30-48-42(34-40)32-38-20-8-10-24-46(38)48/h1-30,33-34H,31-32H2/b52-51-. The molecule has 0 aromatic heterocycles. The zero-order valence-electron chi connectivity index (χ0n) is 28.9. The third-order valence-electron chi connectivity index (χ3n) is 11.0. The van der Waals surface area contributed by atoms with Crippen molar-refractivity contribution in [2.45, 2.75) is 12.8 Å². The molecule has 2 aliphatic rings. The molecule has 52 heavy (non-hydrogen) atoms. The summed E-state index contributed by atoms with van der Waals surface area (Å²) in [5.41, 5.74) is 23.3. The van der Waals surface area contributed by atoms with Crippen LogP contribution in [0.25, 0.3) is 55.7 Å². The molecule has 10 rings (SSSR count). The van der Waals surface area contributed by atoms with Crippen molar-refractivity contribution in [3.63, 3.8) is 0 Å². The minimum absolute atomic E-state index is 0.944. The first kappa shape index (κ1) is 30.3. The van der Waals surface area contributed by atoms with Crippen LogP contribution in [-0.2, 0) is 12.8 Å². The van der Waals surface area contributed by atoms with Crippen molar-refractivity contribution in [2.24, 2.45) is 0 Å². The van der Waals surface area contributed by atoms with Gasteiger partial charge in [0.25, 0.3) is 0 Å². The van der Waals surface area contributed by atoms with E-state index in [1.807, 2.05) is 0 Å². The third kappa shape index (κ3) is 5.15. The van der Waals surface area contributed by atoms with E-state index in [0.29, 0.717) is 0 Å².